The van der Waals surface area contributed by atoms with Gasteiger partial charge in [0.25, 0.3) is 0 Å². The average Bonchev–Trinajstić information content (AvgIpc) is 3.13. The number of ether oxygens (including phenoxy) is 2. The molecule has 10 heteroatoms. The fourth-order valence-electron chi connectivity index (χ4n) is 3.27. The van der Waals surface area contributed by atoms with Crippen LogP contribution in [0.3, 0.4) is 0 Å². The van der Waals surface area contributed by atoms with Crippen molar-refractivity contribution >= 4 is 38.9 Å². The van der Waals surface area contributed by atoms with E-state index in [1.54, 1.807) is 12.1 Å². The molecule has 2 aromatic rings. The zero-order chi connectivity index (χ0) is 20.6. The van der Waals surface area contributed by atoms with Gasteiger partial charge in [0.05, 0.1) is 10.4 Å². The van der Waals surface area contributed by atoms with Crippen molar-refractivity contribution < 1.29 is 35.0 Å². The second kappa shape index (κ2) is 8.65. The molecule has 28 heavy (non-hydrogen) atoms. The molecule has 0 radical (unpaired) electrons. The van der Waals surface area contributed by atoms with Crippen LogP contribution in [0.1, 0.15) is 22.1 Å². The number of methoxy groups -OCH3 is 1. The Labute approximate surface area is 178 Å². The highest BCUT2D eigenvalue weighted by atomic mass is 79.9. The normalized spacial score (nSPS) is 31.7. The molecule has 1 saturated heterocycles. The summed E-state index contributed by atoms with van der Waals surface area (Å²) in [4.78, 5) is 0.645. The third kappa shape index (κ3) is 3.77. The fourth-order valence-corrected chi connectivity index (χ4v) is 4.91. The molecule has 154 valence electrons. The van der Waals surface area contributed by atoms with E-state index in [-0.39, 0.29) is 10.6 Å². The van der Waals surface area contributed by atoms with E-state index in [4.69, 9.17) is 21.1 Å². The van der Waals surface area contributed by atoms with E-state index >= 15 is 0 Å². The maximum Gasteiger partial charge on any atom is 0.224 e. The van der Waals surface area contributed by atoms with Gasteiger partial charge in [-0.05, 0) is 40.2 Å². The molecule has 6 atom stereocenters. The van der Waals surface area contributed by atoms with Crippen LogP contribution in [0, 0.1) is 0 Å². The Morgan fingerprint density at radius 2 is 1.96 bits per heavy atom. The first-order chi connectivity index (χ1) is 13.2. The van der Waals surface area contributed by atoms with Crippen molar-refractivity contribution in [1.82, 2.24) is 0 Å². The summed E-state index contributed by atoms with van der Waals surface area (Å²) < 4.78 is 11.9. The molecule has 3 rings (SSSR count). The largest absolute Gasteiger partial charge is 0.394 e. The van der Waals surface area contributed by atoms with Crippen LogP contribution in [0.25, 0.3) is 0 Å². The molecular formula is C18H20BrClO7S. The predicted octanol–water partition coefficient (Wildman–Crippen LogP) is 1.52. The maximum atomic E-state index is 10.8. The van der Waals surface area contributed by atoms with Gasteiger partial charge < -0.3 is 35.0 Å². The van der Waals surface area contributed by atoms with Gasteiger partial charge in [-0.25, -0.2) is 0 Å². The number of hydrogen-bond donors (Lipinski definition) is 5. The van der Waals surface area contributed by atoms with Crippen LogP contribution >= 0.6 is 38.9 Å². The number of aliphatic hydroxyl groups is 5. The van der Waals surface area contributed by atoms with Crippen LogP contribution in [0.4, 0.5) is 0 Å². The summed E-state index contributed by atoms with van der Waals surface area (Å²) >= 11 is 11.0. The Morgan fingerprint density at radius 1 is 1.25 bits per heavy atom. The van der Waals surface area contributed by atoms with E-state index in [1.165, 1.54) is 36.6 Å². The highest BCUT2D eigenvalue weighted by Crippen LogP contribution is 2.42. The summed E-state index contributed by atoms with van der Waals surface area (Å²) in [5, 5.41) is 51.4. The van der Waals surface area contributed by atoms with Crippen molar-refractivity contribution in [3.05, 3.63) is 55.1 Å². The topological polar surface area (TPSA) is 120 Å². The lowest BCUT2D eigenvalue weighted by molar-refractivity contribution is -0.366. The first-order valence-electron chi connectivity index (χ1n) is 8.36. The summed E-state index contributed by atoms with van der Waals surface area (Å²) in [6, 6.07) is 8.10. The van der Waals surface area contributed by atoms with E-state index < -0.39 is 42.9 Å². The molecule has 5 unspecified atom stereocenters. The van der Waals surface area contributed by atoms with Crippen molar-refractivity contribution in [2.24, 2.45) is 0 Å². The van der Waals surface area contributed by atoms with Crippen molar-refractivity contribution in [3.8, 4) is 0 Å². The average molecular weight is 496 g/mol. The van der Waals surface area contributed by atoms with Crippen LogP contribution < -0.4 is 0 Å². The zero-order valence-electron chi connectivity index (χ0n) is 14.7. The van der Waals surface area contributed by atoms with Crippen LogP contribution in [0.15, 0.2) is 34.1 Å². The van der Waals surface area contributed by atoms with Gasteiger partial charge in [-0.3, -0.25) is 0 Å². The van der Waals surface area contributed by atoms with E-state index in [9.17, 15) is 25.5 Å². The van der Waals surface area contributed by atoms with E-state index in [2.05, 4.69) is 15.9 Å². The van der Waals surface area contributed by atoms with Crippen LogP contribution in [0.5, 0.6) is 0 Å². The molecule has 0 aliphatic carbocycles. The number of benzene rings is 1. The number of hydrogen-bond acceptors (Lipinski definition) is 8. The van der Waals surface area contributed by atoms with Gasteiger partial charge >= 0.3 is 0 Å². The standard InChI is InChI=1S/C18H20BrClO7S/c1-26-18(17(25)16(24)15(23)11(7-21)27-18)8-2-3-10(20)9(6-8)14(22)12-4-5-13(19)28-12/h2-6,11,14-17,21-25H,7H2,1H3/t11?,14?,15?,16?,17-,18?/m1/s1. The number of rotatable bonds is 5. The molecule has 1 aromatic carbocycles. The van der Waals surface area contributed by atoms with Crippen molar-refractivity contribution in [2.45, 2.75) is 36.3 Å². The van der Waals surface area contributed by atoms with Crippen molar-refractivity contribution in [2.75, 3.05) is 13.7 Å². The third-order valence-corrected chi connectivity index (χ3v) is 6.83. The third-order valence-electron chi connectivity index (χ3n) is 4.81. The monoisotopic (exact) mass is 494 g/mol. The quantitative estimate of drug-likeness (QED) is 0.427. The molecular weight excluding hydrogens is 476 g/mol. The second-order valence-electron chi connectivity index (χ2n) is 6.42. The summed E-state index contributed by atoms with van der Waals surface area (Å²) in [7, 11) is 1.27. The molecule has 0 saturated carbocycles. The molecule has 0 bridgehead atoms. The molecule has 1 aliphatic heterocycles. The first-order valence-corrected chi connectivity index (χ1v) is 10.3. The van der Waals surface area contributed by atoms with Crippen LogP contribution in [-0.2, 0) is 15.3 Å². The van der Waals surface area contributed by atoms with E-state index in [0.29, 0.717) is 10.4 Å². The van der Waals surface area contributed by atoms with Gasteiger partial charge in [-0.1, -0.05) is 17.7 Å². The predicted molar refractivity (Wildman–Crippen MR) is 106 cm³/mol. The Bertz CT molecular complexity index is 832. The molecule has 2 heterocycles. The minimum atomic E-state index is -1.87. The smallest absolute Gasteiger partial charge is 0.224 e. The summed E-state index contributed by atoms with van der Waals surface area (Å²) in [6.45, 7) is -0.595. The first kappa shape index (κ1) is 22.1. The van der Waals surface area contributed by atoms with Crippen LogP contribution in [-0.4, -0.2) is 63.7 Å². The molecule has 0 amide bonds. The lowest BCUT2D eigenvalue weighted by atomic mass is 9.87. The molecule has 0 spiro atoms. The lowest BCUT2D eigenvalue weighted by Crippen LogP contribution is -2.64. The van der Waals surface area contributed by atoms with E-state index in [1.807, 2.05) is 0 Å². The number of halogens is 2. The second-order valence-corrected chi connectivity index (χ2v) is 9.32. The fraction of sp³-hybridized carbons (Fsp3) is 0.444. The summed E-state index contributed by atoms with van der Waals surface area (Å²) in [5.74, 6) is -1.87. The Morgan fingerprint density at radius 3 is 2.54 bits per heavy atom. The maximum absolute atomic E-state index is 10.8. The van der Waals surface area contributed by atoms with Crippen molar-refractivity contribution in [1.29, 1.82) is 0 Å². The molecule has 1 fully saturated rings. The molecule has 1 aromatic heterocycles. The molecule has 5 N–H and O–H groups in total. The van der Waals surface area contributed by atoms with Gasteiger partial charge in [0.15, 0.2) is 0 Å². The van der Waals surface area contributed by atoms with E-state index in [0.717, 1.165) is 3.79 Å². The molecule has 1 aliphatic rings. The summed E-state index contributed by atoms with van der Waals surface area (Å²) in [6.07, 6.45) is -7.00. The van der Waals surface area contributed by atoms with Gasteiger partial charge in [0, 0.05) is 28.1 Å². The Hall–Kier alpha value is -0.590. The minimum Gasteiger partial charge on any atom is -0.394 e. The SMILES string of the molecule is COC1(c2ccc(Cl)c(C(O)c3ccc(Br)s3)c2)OC(CO)C(O)C(O)[C@H]1O. The van der Waals surface area contributed by atoms with Gasteiger partial charge in [0.2, 0.25) is 5.79 Å². The Kier molecular flexibility index (Phi) is 6.83. The minimum absolute atomic E-state index is 0.265. The zero-order valence-corrected chi connectivity index (χ0v) is 17.9. The Balaban J connectivity index is 2.06. The van der Waals surface area contributed by atoms with Crippen molar-refractivity contribution in [3.63, 3.8) is 0 Å². The lowest BCUT2D eigenvalue weighted by Gasteiger charge is -2.47. The summed E-state index contributed by atoms with van der Waals surface area (Å²) in [5.41, 5.74) is 0.614. The highest BCUT2D eigenvalue weighted by molar-refractivity contribution is 9.11. The van der Waals surface area contributed by atoms with Gasteiger partial charge in [-0.2, -0.15) is 0 Å². The number of thiophene rings is 1. The van der Waals surface area contributed by atoms with Gasteiger partial charge in [0.1, 0.15) is 30.5 Å². The van der Waals surface area contributed by atoms with Gasteiger partial charge in [-0.15, -0.1) is 11.3 Å². The highest BCUT2D eigenvalue weighted by Gasteiger charge is 2.55. The van der Waals surface area contributed by atoms with Crippen LogP contribution in [0.2, 0.25) is 5.02 Å². The molecule has 7 nitrogen and oxygen atoms in total. The number of aliphatic hydroxyl groups excluding tert-OH is 5.